The van der Waals surface area contributed by atoms with Gasteiger partial charge in [0.1, 0.15) is 19.0 Å². The number of halogens is 1. The average molecular weight is 513 g/mol. The number of ether oxygens (including phenoxy) is 3. The van der Waals surface area contributed by atoms with Crippen LogP contribution in [0.25, 0.3) is 0 Å². The third-order valence-electron chi connectivity index (χ3n) is 5.31. The summed E-state index contributed by atoms with van der Waals surface area (Å²) in [6.07, 6.45) is 1.45. The molecule has 0 aliphatic carbocycles. The van der Waals surface area contributed by atoms with Crippen molar-refractivity contribution >= 4 is 27.8 Å². The largest absolute Gasteiger partial charge is 0.490 e. The van der Waals surface area contributed by atoms with Crippen LogP contribution in [0.5, 0.6) is 11.5 Å². The predicted octanol–water partition coefficient (Wildman–Crippen LogP) is 4.79. The van der Waals surface area contributed by atoms with E-state index in [2.05, 4.69) is 37.4 Å². The predicted molar refractivity (Wildman–Crippen MR) is 127 cm³/mol. The number of nitrogens with zero attached hydrogens (tertiary/aromatic N) is 3. The van der Waals surface area contributed by atoms with Gasteiger partial charge in [0.25, 0.3) is 0 Å². The highest BCUT2D eigenvalue weighted by Gasteiger charge is 2.35. The Hall–Kier alpha value is -3.33. The lowest BCUT2D eigenvalue weighted by Crippen LogP contribution is -2.29. The van der Waals surface area contributed by atoms with E-state index < -0.39 is 12.0 Å². The molecule has 172 valence electrons. The van der Waals surface area contributed by atoms with Crippen LogP contribution in [-0.2, 0) is 16.1 Å². The van der Waals surface area contributed by atoms with Crippen molar-refractivity contribution in [3.05, 3.63) is 75.2 Å². The van der Waals surface area contributed by atoms with Crippen LogP contribution >= 0.6 is 15.9 Å². The van der Waals surface area contributed by atoms with Crippen molar-refractivity contribution in [2.24, 2.45) is 0 Å². The van der Waals surface area contributed by atoms with Crippen LogP contribution in [-0.4, -0.2) is 34.5 Å². The molecule has 0 amide bonds. The Morgan fingerprint density at radius 1 is 1.21 bits per heavy atom. The summed E-state index contributed by atoms with van der Waals surface area (Å²) in [7, 11) is 1.36. The zero-order chi connectivity index (χ0) is 23.5. The number of allylic oxidation sites excluding steroid dienone is 1. The molecule has 2 heterocycles. The Morgan fingerprint density at radius 2 is 2.03 bits per heavy atom. The Morgan fingerprint density at radius 3 is 2.76 bits per heavy atom. The molecule has 9 heteroatoms. The molecule has 33 heavy (non-hydrogen) atoms. The van der Waals surface area contributed by atoms with Crippen molar-refractivity contribution in [3.8, 4) is 11.5 Å². The van der Waals surface area contributed by atoms with Gasteiger partial charge in [0.2, 0.25) is 5.95 Å². The van der Waals surface area contributed by atoms with E-state index in [1.807, 2.05) is 51.1 Å². The summed E-state index contributed by atoms with van der Waals surface area (Å²) in [5, 5.41) is 7.46. The number of aromatic nitrogens is 3. The molecule has 1 aromatic heterocycles. The number of benzene rings is 2. The maximum atomic E-state index is 12.7. The van der Waals surface area contributed by atoms with Crippen LogP contribution in [0.3, 0.4) is 0 Å². The second-order valence-corrected chi connectivity index (χ2v) is 8.48. The first-order valence-corrected chi connectivity index (χ1v) is 11.3. The van der Waals surface area contributed by atoms with E-state index >= 15 is 0 Å². The zero-order valence-corrected chi connectivity index (χ0v) is 20.5. The van der Waals surface area contributed by atoms with Crippen molar-refractivity contribution in [2.75, 3.05) is 19.0 Å². The maximum absolute atomic E-state index is 12.7. The Labute approximate surface area is 200 Å². The third kappa shape index (κ3) is 4.59. The molecule has 1 unspecified atom stereocenters. The van der Waals surface area contributed by atoms with Gasteiger partial charge in [-0.05, 0) is 60.0 Å². The van der Waals surface area contributed by atoms with Gasteiger partial charge in [0, 0.05) is 5.70 Å². The molecule has 1 aliphatic heterocycles. The van der Waals surface area contributed by atoms with Crippen LogP contribution in [0.2, 0.25) is 0 Å². The quantitative estimate of drug-likeness (QED) is 0.455. The van der Waals surface area contributed by atoms with E-state index in [0.717, 1.165) is 11.1 Å². The van der Waals surface area contributed by atoms with E-state index in [-0.39, 0.29) is 0 Å². The molecule has 0 saturated heterocycles. The Kier molecular flexibility index (Phi) is 6.69. The standard InChI is InChI=1S/C24H25BrN4O4/c1-5-32-19-11-17(10-18(25)22(19)33-12-16-8-6-7-14(2)9-16)21-20(23(30)31-4)15(3)28-24-26-13-27-29(21)24/h6-11,13,21H,5,12H2,1-4H3,(H,26,27,28). The van der Waals surface area contributed by atoms with Crippen LogP contribution in [0.15, 0.2) is 58.5 Å². The first kappa shape index (κ1) is 22.8. The monoisotopic (exact) mass is 512 g/mol. The number of nitrogens with one attached hydrogen (secondary N) is 1. The third-order valence-corrected chi connectivity index (χ3v) is 5.90. The molecule has 0 spiro atoms. The van der Waals surface area contributed by atoms with Gasteiger partial charge in [-0.15, -0.1) is 0 Å². The molecular weight excluding hydrogens is 488 g/mol. The minimum absolute atomic E-state index is 0.396. The molecular formula is C24H25BrN4O4. The second kappa shape index (κ2) is 9.66. The van der Waals surface area contributed by atoms with E-state index in [4.69, 9.17) is 14.2 Å². The Balaban J connectivity index is 1.76. The molecule has 4 rings (SSSR count). The highest BCUT2D eigenvalue weighted by Crippen LogP contribution is 2.43. The molecule has 0 bridgehead atoms. The van der Waals surface area contributed by atoms with Crippen LogP contribution in [0.4, 0.5) is 5.95 Å². The topological polar surface area (TPSA) is 87.5 Å². The van der Waals surface area contributed by atoms with Gasteiger partial charge in [-0.3, -0.25) is 0 Å². The summed E-state index contributed by atoms with van der Waals surface area (Å²) in [4.78, 5) is 17.0. The zero-order valence-electron chi connectivity index (χ0n) is 18.9. The highest BCUT2D eigenvalue weighted by molar-refractivity contribution is 9.10. The summed E-state index contributed by atoms with van der Waals surface area (Å²) >= 11 is 3.64. The van der Waals surface area contributed by atoms with Crippen LogP contribution < -0.4 is 14.8 Å². The number of hydrogen-bond donors (Lipinski definition) is 1. The molecule has 1 aliphatic rings. The SMILES string of the molecule is CCOc1cc(C2C(C(=O)OC)=C(C)Nc3ncnn32)cc(Br)c1OCc1cccc(C)c1. The number of aryl methyl sites for hydroxylation is 1. The van der Waals surface area contributed by atoms with Crippen molar-refractivity contribution in [1.82, 2.24) is 14.8 Å². The van der Waals surface area contributed by atoms with Gasteiger partial charge in [0.05, 0.1) is 23.8 Å². The first-order chi connectivity index (χ1) is 15.9. The van der Waals surface area contributed by atoms with Crippen molar-refractivity contribution in [1.29, 1.82) is 0 Å². The summed E-state index contributed by atoms with van der Waals surface area (Å²) in [6, 6.07) is 11.4. The lowest BCUT2D eigenvalue weighted by molar-refractivity contribution is -0.136. The molecule has 0 radical (unpaired) electrons. The number of methoxy groups -OCH3 is 1. The molecule has 1 N–H and O–H groups in total. The van der Waals surface area contributed by atoms with Gasteiger partial charge in [-0.1, -0.05) is 29.8 Å². The van der Waals surface area contributed by atoms with Crippen molar-refractivity contribution in [2.45, 2.75) is 33.4 Å². The molecule has 1 atom stereocenters. The number of hydrogen-bond acceptors (Lipinski definition) is 7. The maximum Gasteiger partial charge on any atom is 0.338 e. The Bertz CT molecular complexity index is 1220. The molecule has 3 aromatic rings. The van der Waals surface area contributed by atoms with Crippen molar-refractivity contribution in [3.63, 3.8) is 0 Å². The average Bonchev–Trinajstić information content (AvgIpc) is 3.25. The molecule has 0 fully saturated rings. The molecule has 0 saturated carbocycles. The fraction of sp³-hybridized carbons (Fsp3) is 0.292. The fourth-order valence-electron chi connectivity index (χ4n) is 3.88. The number of rotatable bonds is 7. The van der Waals surface area contributed by atoms with E-state index in [0.29, 0.717) is 46.4 Å². The normalized spacial score (nSPS) is 15.0. The summed E-state index contributed by atoms with van der Waals surface area (Å²) < 4.78 is 19.5. The van der Waals surface area contributed by atoms with Crippen molar-refractivity contribution < 1.29 is 19.0 Å². The summed E-state index contributed by atoms with van der Waals surface area (Å²) in [6.45, 7) is 6.62. The van der Waals surface area contributed by atoms with Gasteiger partial charge in [-0.2, -0.15) is 10.1 Å². The van der Waals surface area contributed by atoms with Gasteiger partial charge in [0.15, 0.2) is 11.5 Å². The number of esters is 1. The lowest BCUT2D eigenvalue weighted by Gasteiger charge is -2.28. The minimum atomic E-state index is -0.544. The first-order valence-electron chi connectivity index (χ1n) is 10.5. The molecule has 8 nitrogen and oxygen atoms in total. The number of anilines is 1. The summed E-state index contributed by atoms with van der Waals surface area (Å²) in [5.41, 5.74) is 4.11. The summed E-state index contributed by atoms with van der Waals surface area (Å²) in [5.74, 6) is 1.26. The highest BCUT2D eigenvalue weighted by atomic mass is 79.9. The lowest BCUT2D eigenvalue weighted by atomic mass is 9.95. The van der Waals surface area contributed by atoms with Gasteiger partial charge in [-0.25, -0.2) is 9.48 Å². The van der Waals surface area contributed by atoms with Crippen LogP contribution in [0.1, 0.15) is 36.6 Å². The number of carbonyl (C=O) groups excluding carboxylic acids is 1. The van der Waals surface area contributed by atoms with E-state index in [1.54, 1.807) is 4.68 Å². The smallest absolute Gasteiger partial charge is 0.338 e. The second-order valence-electron chi connectivity index (χ2n) is 7.63. The van der Waals surface area contributed by atoms with E-state index in [1.165, 1.54) is 19.0 Å². The van der Waals surface area contributed by atoms with Crippen LogP contribution in [0, 0.1) is 6.92 Å². The molecule has 2 aromatic carbocycles. The van der Waals surface area contributed by atoms with E-state index in [9.17, 15) is 4.79 Å². The van der Waals surface area contributed by atoms with Gasteiger partial charge >= 0.3 is 5.97 Å². The van der Waals surface area contributed by atoms with Gasteiger partial charge < -0.3 is 19.5 Å². The number of fused-ring (bicyclic) bond motifs is 1. The fourth-order valence-corrected chi connectivity index (χ4v) is 4.45. The minimum Gasteiger partial charge on any atom is -0.490 e. The number of carbonyl (C=O) groups is 1.